The molecule has 2 aromatic rings. The van der Waals surface area contributed by atoms with Gasteiger partial charge in [-0.1, -0.05) is 30.3 Å². The van der Waals surface area contributed by atoms with Crippen LogP contribution in [0.3, 0.4) is 0 Å². The number of thioether (sulfide) groups is 1. The zero-order valence-corrected chi connectivity index (χ0v) is 17.4. The molecule has 0 bridgehead atoms. The van der Waals surface area contributed by atoms with Crippen LogP contribution >= 0.6 is 24.0 Å². The molecular formula is C21H27N3OS2. The van der Waals surface area contributed by atoms with Crippen LogP contribution in [0.2, 0.25) is 0 Å². The number of hydrogen-bond acceptors (Lipinski definition) is 4. The van der Waals surface area contributed by atoms with Gasteiger partial charge < -0.3 is 15.0 Å². The highest BCUT2D eigenvalue weighted by molar-refractivity contribution is 7.99. The van der Waals surface area contributed by atoms with Crippen LogP contribution in [0.1, 0.15) is 5.56 Å². The fraction of sp³-hybridized carbons (Fsp3) is 0.381. The van der Waals surface area contributed by atoms with Gasteiger partial charge in [-0.3, -0.25) is 4.90 Å². The molecule has 0 spiro atoms. The van der Waals surface area contributed by atoms with Crippen molar-refractivity contribution in [1.29, 1.82) is 0 Å². The Balaban J connectivity index is 1.33. The zero-order valence-electron chi connectivity index (χ0n) is 15.8. The molecule has 1 saturated heterocycles. The lowest BCUT2D eigenvalue weighted by atomic mass is 10.2. The molecule has 0 aromatic heterocycles. The molecule has 144 valence electrons. The first-order valence-electron chi connectivity index (χ1n) is 9.30. The van der Waals surface area contributed by atoms with Gasteiger partial charge in [-0.25, -0.2) is 0 Å². The number of thiocarbonyl (C=S) groups is 1. The van der Waals surface area contributed by atoms with Crippen LogP contribution in [0.15, 0.2) is 59.5 Å². The number of methoxy groups -OCH3 is 1. The molecule has 0 atom stereocenters. The topological polar surface area (TPSA) is 27.7 Å². The molecule has 1 heterocycles. The van der Waals surface area contributed by atoms with E-state index in [9.17, 15) is 0 Å². The lowest BCUT2D eigenvalue weighted by Crippen LogP contribution is -2.51. The van der Waals surface area contributed by atoms with Crippen LogP contribution in [-0.4, -0.2) is 60.5 Å². The van der Waals surface area contributed by atoms with E-state index in [0.29, 0.717) is 0 Å². The summed E-state index contributed by atoms with van der Waals surface area (Å²) in [6.45, 7) is 5.90. The summed E-state index contributed by atoms with van der Waals surface area (Å²) >= 11 is 7.43. The first-order chi connectivity index (χ1) is 13.2. The second kappa shape index (κ2) is 10.5. The van der Waals surface area contributed by atoms with E-state index in [1.165, 1.54) is 10.5 Å². The largest absolute Gasteiger partial charge is 0.497 e. The second-order valence-corrected chi connectivity index (χ2v) is 8.06. The van der Waals surface area contributed by atoms with Crippen molar-refractivity contribution >= 4 is 29.1 Å². The standard InChI is InChI=1S/C21H27N3OS2/c1-25-19-9-7-18(8-10-19)17-23-12-14-24(15-13-23)21(26)22-11-16-27-20-5-3-2-4-6-20/h2-10H,11-17H2,1H3,(H,22,26). The Morgan fingerprint density at radius 1 is 1.04 bits per heavy atom. The molecule has 1 aliphatic heterocycles. The van der Waals surface area contributed by atoms with Crippen molar-refractivity contribution in [2.24, 2.45) is 0 Å². The van der Waals surface area contributed by atoms with Crippen LogP contribution in [0.4, 0.5) is 0 Å². The highest BCUT2D eigenvalue weighted by Gasteiger charge is 2.18. The van der Waals surface area contributed by atoms with E-state index in [2.05, 4.69) is 51.5 Å². The first-order valence-corrected chi connectivity index (χ1v) is 10.7. The number of piperazine rings is 1. The van der Waals surface area contributed by atoms with Crippen LogP contribution in [0.5, 0.6) is 5.75 Å². The number of hydrogen-bond donors (Lipinski definition) is 1. The zero-order chi connectivity index (χ0) is 18.9. The van der Waals surface area contributed by atoms with Gasteiger partial charge in [0, 0.05) is 49.9 Å². The van der Waals surface area contributed by atoms with Crippen LogP contribution < -0.4 is 10.1 Å². The van der Waals surface area contributed by atoms with Gasteiger partial charge in [0.25, 0.3) is 0 Å². The summed E-state index contributed by atoms with van der Waals surface area (Å²) in [5, 5.41) is 4.29. The van der Waals surface area contributed by atoms with Crippen molar-refractivity contribution in [2.75, 3.05) is 45.6 Å². The van der Waals surface area contributed by atoms with Crippen molar-refractivity contribution in [3.05, 3.63) is 60.2 Å². The minimum absolute atomic E-state index is 0.882. The first kappa shape index (κ1) is 20.0. The lowest BCUT2D eigenvalue weighted by molar-refractivity contribution is 0.174. The van der Waals surface area contributed by atoms with Gasteiger partial charge in [0.15, 0.2) is 5.11 Å². The van der Waals surface area contributed by atoms with Crippen molar-refractivity contribution in [2.45, 2.75) is 11.4 Å². The van der Waals surface area contributed by atoms with E-state index < -0.39 is 0 Å². The average Bonchev–Trinajstić information content (AvgIpc) is 2.73. The molecule has 2 aromatic carbocycles. The quantitative estimate of drug-likeness (QED) is 0.434. The Morgan fingerprint density at radius 3 is 2.41 bits per heavy atom. The maximum absolute atomic E-state index is 5.57. The Bertz CT molecular complexity index is 701. The second-order valence-electron chi connectivity index (χ2n) is 6.50. The third kappa shape index (κ3) is 6.41. The number of nitrogens with zero attached hydrogens (tertiary/aromatic N) is 2. The summed E-state index contributed by atoms with van der Waals surface area (Å²) in [5.74, 6) is 1.92. The Labute approximate surface area is 171 Å². The van der Waals surface area contributed by atoms with Crippen LogP contribution in [0, 0.1) is 0 Å². The maximum Gasteiger partial charge on any atom is 0.169 e. The summed E-state index contributed by atoms with van der Waals surface area (Å²) in [6.07, 6.45) is 0. The molecule has 3 rings (SSSR count). The summed E-state index contributed by atoms with van der Waals surface area (Å²) in [7, 11) is 1.70. The van der Waals surface area contributed by atoms with Crippen molar-refractivity contribution in [1.82, 2.24) is 15.1 Å². The molecular weight excluding hydrogens is 374 g/mol. The average molecular weight is 402 g/mol. The number of ether oxygens (including phenoxy) is 1. The monoisotopic (exact) mass is 401 g/mol. The van der Waals surface area contributed by atoms with Gasteiger partial charge in [0.1, 0.15) is 5.75 Å². The highest BCUT2D eigenvalue weighted by Crippen LogP contribution is 2.16. The maximum atomic E-state index is 5.57. The molecule has 1 aliphatic rings. The van der Waals surface area contributed by atoms with E-state index in [1.807, 2.05) is 30.0 Å². The van der Waals surface area contributed by atoms with E-state index in [-0.39, 0.29) is 0 Å². The number of benzene rings is 2. The molecule has 0 saturated carbocycles. The van der Waals surface area contributed by atoms with E-state index >= 15 is 0 Å². The molecule has 0 unspecified atom stereocenters. The summed E-state index contributed by atoms with van der Waals surface area (Å²) in [5.41, 5.74) is 1.32. The summed E-state index contributed by atoms with van der Waals surface area (Å²) in [4.78, 5) is 6.07. The molecule has 27 heavy (non-hydrogen) atoms. The number of nitrogens with one attached hydrogen (secondary N) is 1. The molecule has 4 nitrogen and oxygen atoms in total. The van der Waals surface area contributed by atoms with E-state index in [4.69, 9.17) is 17.0 Å². The van der Waals surface area contributed by atoms with Gasteiger partial charge >= 0.3 is 0 Å². The van der Waals surface area contributed by atoms with E-state index in [1.54, 1.807) is 7.11 Å². The van der Waals surface area contributed by atoms with Gasteiger partial charge in [-0.15, -0.1) is 11.8 Å². The highest BCUT2D eigenvalue weighted by atomic mass is 32.2. The van der Waals surface area contributed by atoms with Gasteiger partial charge in [-0.2, -0.15) is 0 Å². The smallest absolute Gasteiger partial charge is 0.169 e. The van der Waals surface area contributed by atoms with Gasteiger partial charge in [-0.05, 0) is 42.0 Å². The predicted molar refractivity (Wildman–Crippen MR) is 118 cm³/mol. The molecule has 0 aliphatic carbocycles. The molecule has 1 N–H and O–H groups in total. The molecule has 0 amide bonds. The van der Waals surface area contributed by atoms with Crippen molar-refractivity contribution in [3.63, 3.8) is 0 Å². The Morgan fingerprint density at radius 2 is 1.74 bits per heavy atom. The third-order valence-corrected chi connectivity index (χ3v) is 6.03. The minimum Gasteiger partial charge on any atom is -0.497 e. The van der Waals surface area contributed by atoms with Gasteiger partial charge in [0.2, 0.25) is 0 Å². The third-order valence-electron chi connectivity index (χ3n) is 4.61. The normalized spacial score (nSPS) is 14.8. The summed E-state index contributed by atoms with van der Waals surface area (Å²) in [6, 6.07) is 18.8. The van der Waals surface area contributed by atoms with Gasteiger partial charge in [0.05, 0.1) is 7.11 Å². The SMILES string of the molecule is COc1ccc(CN2CCN(C(=S)NCCSc3ccccc3)CC2)cc1. The summed E-state index contributed by atoms with van der Waals surface area (Å²) < 4.78 is 5.22. The van der Waals surface area contributed by atoms with Crippen molar-refractivity contribution < 1.29 is 4.74 Å². The molecule has 0 radical (unpaired) electrons. The fourth-order valence-electron chi connectivity index (χ4n) is 3.05. The lowest BCUT2D eigenvalue weighted by Gasteiger charge is -2.36. The predicted octanol–water partition coefficient (Wildman–Crippen LogP) is 3.48. The van der Waals surface area contributed by atoms with Crippen LogP contribution in [-0.2, 0) is 6.54 Å². The van der Waals surface area contributed by atoms with E-state index in [0.717, 1.165) is 55.9 Å². The van der Waals surface area contributed by atoms with Crippen molar-refractivity contribution in [3.8, 4) is 5.75 Å². The Hall–Kier alpha value is -1.76. The molecule has 6 heteroatoms. The minimum atomic E-state index is 0.882. The number of rotatable bonds is 7. The molecule has 1 fully saturated rings. The Kier molecular flexibility index (Phi) is 7.80. The van der Waals surface area contributed by atoms with Crippen LogP contribution in [0.25, 0.3) is 0 Å². The fourth-order valence-corrected chi connectivity index (χ4v) is 4.13.